The van der Waals surface area contributed by atoms with Gasteiger partial charge in [0.2, 0.25) is 5.91 Å². The molecule has 0 bridgehead atoms. The fourth-order valence-corrected chi connectivity index (χ4v) is 5.55. The summed E-state index contributed by atoms with van der Waals surface area (Å²) in [5, 5.41) is 10.6. The summed E-state index contributed by atoms with van der Waals surface area (Å²) in [6, 6.07) is 28.5. The van der Waals surface area contributed by atoms with Crippen LogP contribution in [0.3, 0.4) is 0 Å². The van der Waals surface area contributed by atoms with Gasteiger partial charge in [-0.3, -0.25) is 9.59 Å². The Labute approximate surface area is 227 Å². The Kier molecular flexibility index (Phi) is 7.55. The number of thiazole rings is 1. The highest BCUT2D eigenvalue weighted by Gasteiger charge is 2.17. The third kappa shape index (κ3) is 6.02. The van der Waals surface area contributed by atoms with Crippen LogP contribution < -0.4 is 10.6 Å². The molecule has 1 heterocycles. The van der Waals surface area contributed by atoms with Crippen molar-refractivity contribution in [2.24, 2.45) is 0 Å². The van der Waals surface area contributed by atoms with E-state index in [2.05, 4.69) is 15.6 Å². The van der Waals surface area contributed by atoms with Gasteiger partial charge in [-0.2, -0.15) is 0 Å². The molecule has 0 spiro atoms. The zero-order valence-corrected chi connectivity index (χ0v) is 22.2. The number of fused-ring (bicyclic) bond motifs is 1. The van der Waals surface area contributed by atoms with Crippen molar-refractivity contribution >= 4 is 68.1 Å². The number of amides is 2. The minimum absolute atomic E-state index is 0.140. The molecule has 1 aromatic heterocycles. The molecule has 1 unspecified atom stereocenters. The van der Waals surface area contributed by atoms with E-state index in [1.54, 1.807) is 0 Å². The maximum atomic E-state index is 12.7. The van der Waals surface area contributed by atoms with Gasteiger partial charge >= 0.3 is 0 Å². The number of halogens is 1. The zero-order valence-electron chi connectivity index (χ0n) is 19.8. The highest BCUT2D eigenvalue weighted by molar-refractivity contribution is 8.00. The van der Waals surface area contributed by atoms with Gasteiger partial charge < -0.3 is 10.6 Å². The quantitative estimate of drug-likeness (QED) is 0.204. The van der Waals surface area contributed by atoms with Gasteiger partial charge in [0.05, 0.1) is 10.9 Å². The Bertz CT molecular complexity index is 1580. The standard InChI is InChI=1S/C29H22ClN3O2S2/c1-18(27(34)33-29-32-26(17-36-29)24-8-4-5-9-25(24)30)37-23-14-12-22(13-15-23)31-28(35)21-11-10-19-6-2-3-7-20(19)16-21/h2-18H,1H3,(H,31,35)(H,32,33,34). The topological polar surface area (TPSA) is 71.1 Å². The first-order valence-corrected chi connectivity index (χ1v) is 13.7. The van der Waals surface area contributed by atoms with E-state index in [9.17, 15) is 9.59 Å². The maximum Gasteiger partial charge on any atom is 0.255 e. The number of aromatic nitrogens is 1. The van der Waals surface area contributed by atoms with Crippen LogP contribution >= 0.6 is 34.7 Å². The first kappa shape index (κ1) is 25.0. The summed E-state index contributed by atoms with van der Waals surface area (Å²) in [4.78, 5) is 30.9. The third-order valence-electron chi connectivity index (χ3n) is 5.69. The van der Waals surface area contributed by atoms with Crippen molar-refractivity contribution in [3.8, 4) is 11.3 Å². The fourth-order valence-electron chi connectivity index (χ4n) is 3.74. The van der Waals surface area contributed by atoms with E-state index in [0.29, 0.717) is 21.4 Å². The Morgan fingerprint density at radius 3 is 2.41 bits per heavy atom. The molecule has 0 aliphatic carbocycles. The average Bonchev–Trinajstić information content (AvgIpc) is 3.37. The van der Waals surface area contributed by atoms with Gasteiger partial charge in [-0.25, -0.2) is 4.98 Å². The number of carbonyl (C=O) groups excluding carboxylic acids is 2. The highest BCUT2D eigenvalue weighted by atomic mass is 35.5. The number of hydrogen-bond acceptors (Lipinski definition) is 5. The minimum Gasteiger partial charge on any atom is -0.322 e. The van der Waals surface area contributed by atoms with Crippen molar-refractivity contribution in [2.45, 2.75) is 17.1 Å². The van der Waals surface area contributed by atoms with Crippen molar-refractivity contribution in [2.75, 3.05) is 10.6 Å². The van der Waals surface area contributed by atoms with Crippen molar-refractivity contribution in [1.29, 1.82) is 0 Å². The molecular formula is C29H22ClN3O2S2. The van der Waals surface area contributed by atoms with Crippen LogP contribution in [0.4, 0.5) is 10.8 Å². The molecule has 2 amide bonds. The van der Waals surface area contributed by atoms with E-state index in [4.69, 9.17) is 11.6 Å². The summed E-state index contributed by atoms with van der Waals surface area (Å²) >= 11 is 9.05. The number of thioether (sulfide) groups is 1. The average molecular weight is 544 g/mol. The van der Waals surface area contributed by atoms with Gasteiger partial charge in [-0.05, 0) is 60.2 Å². The third-order valence-corrected chi connectivity index (χ3v) is 7.89. The van der Waals surface area contributed by atoms with E-state index in [-0.39, 0.29) is 17.1 Å². The lowest BCUT2D eigenvalue weighted by atomic mass is 10.1. The number of nitrogens with zero attached hydrogens (tertiary/aromatic N) is 1. The molecule has 0 saturated heterocycles. The largest absolute Gasteiger partial charge is 0.322 e. The Morgan fingerprint density at radius 1 is 0.892 bits per heavy atom. The van der Waals surface area contributed by atoms with Crippen molar-refractivity contribution in [1.82, 2.24) is 4.98 Å². The van der Waals surface area contributed by atoms with Crippen LogP contribution in [0.15, 0.2) is 101 Å². The highest BCUT2D eigenvalue weighted by Crippen LogP contribution is 2.31. The molecule has 0 aliphatic heterocycles. The van der Waals surface area contributed by atoms with Crippen molar-refractivity contribution in [3.63, 3.8) is 0 Å². The molecule has 4 aromatic carbocycles. The summed E-state index contributed by atoms with van der Waals surface area (Å²) < 4.78 is 0. The van der Waals surface area contributed by atoms with Crippen LogP contribution in [0.5, 0.6) is 0 Å². The summed E-state index contributed by atoms with van der Waals surface area (Å²) in [6.07, 6.45) is 0. The van der Waals surface area contributed by atoms with E-state index in [0.717, 1.165) is 26.9 Å². The van der Waals surface area contributed by atoms with Gasteiger partial charge in [0, 0.05) is 32.1 Å². The SMILES string of the molecule is CC(Sc1ccc(NC(=O)c2ccc3ccccc3c2)cc1)C(=O)Nc1nc(-c2ccccc2Cl)cs1. The summed E-state index contributed by atoms with van der Waals surface area (Å²) in [7, 11) is 0. The number of benzene rings is 4. The summed E-state index contributed by atoms with van der Waals surface area (Å²) in [6.45, 7) is 1.85. The summed E-state index contributed by atoms with van der Waals surface area (Å²) in [5.41, 5.74) is 2.85. The van der Waals surface area contributed by atoms with Crippen LogP contribution in [0, 0.1) is 0 Å². The van der Waals surface area contributed by atoms with Gasteiger partial charge in [-0.15, -0.1) is 23.1 Å². The fraction of sp³-hybridized carbons (Fsp3) is 0.0690. The number of anilines is 2. The first-order valence-electron chi connectivity index (χ1n) is 11.5. The molecule has 37 heavy (non-hydrogen) atoms. The lowest BCUT2D eigenvalue weighted by Gasteiger charge is -2.11. The zero-order chi connectivity index (χ0) is 25.8. The lowest BCUT2D eigenvalue weighted by molar-refractivity contribution is -0.115. The Hall–Kier alpha value is -3.65. The van der Waals surface area contributed by atoms with Crippen molar-refractivity contribution in [3.05, 3.63) is 107 Å². The lowest BCUT2D eigenvalue weighted by Crippen LogP contribution is -2.22. The molecule has 2 N–H and O–H groups in total. The second kappa shape index (κ2) is 11.2. The molecule has 5 nitrogen and oxygen atoms in total. The first-order chi connectivity index (χ1) is 18.0. The number of hydrogen-bond donors (Lipinski definition) is 2. The van der Waals surface area contributed by atoms with E-state index < -0.39 is 0 Å². The van der Waals surface area contributed by atoms with E-state index in [1.165, 1.54) is 23.1 Å². The molecule has 0 radical (unpaired) electrons. The molecule has 8 heteroatoms. The molecule has 0 fully saturated rings. The van der Waals surface area contributed by atoms with Gasteiger partial charge in [0.25, 0.3) is 5.91 Å². The van der Waals surface area contributed by atoms with Crippen LogP contribution in [-0.4, -0.2) is 22.0 Å². The molecule has 184 valence electrons. The van der Waals surface area contributed by atoms with Crippen molar-refractivity contribution < 1.29 is 9.59 Å². The molecule has 5 aromatic rings. The predicted octanol–water partition coefficient (Wildman–Crippen LogP) is 7.99. The van der Waals surface area contributed by atoms with Crippen LogP contribution in [-0.2, 0) is 4.79 Å². The van der Waals surface area contributed by atoms with Crippen LogP contribution in [0.25, 0.3) is 22.0 Å². The predicted molar refractivity (Wildman–Crippen MR) is 155 cm³/mol. The molecule has 5 rings (SSSR count). The molecular weight excluding hydrogens is 522 g/mol. The maximum absolute atomic E-state index is 12.7. The van der Waals surface area contributed by atoms with Gasteiger partial charge in [-0.1, -0.05) is 60.1 Å². The van der Waals surface area contributed by atoms with E-state index in [1.807, 2.05) is 103 Å². The Morgan fingerprint density at radius 2 is 1.62 bits per heavy atom. The number of nitrogens with one attached hydrogen (secondary N) is 2. The second-order valence-corrected chi connectivity index (χ2v) is 11.0. The van der Waals surface area contributed by atoms with Crippen LogP contribution in [0.1, 0.15) is 17.3 Å². The second-order valence-electron chi connectivity index (χ2n) is 8.31. The Balaban J connectivity index is 1.17. The normalized spacial score (nSPS) is 11.7. The number of rotatable bonds is 7. The smallest absolute Gasteiger partial charge is 0.255 e. The molecule has 0 aliphatic rings. The van der Waals surface area contributed by atoms with Gasteiger partial charge in [0.1, 0.15) is 0 Å². The van der Waals surface area contributed by atoms with Crippen LogP contribution in [0.2, 0.25) is 5.02 Å². The number of carbonyl (C=O) groups is 2. The summed E-state index contributed by atoms with van der Waals surface area (Å²) in [5.74, 6) is -0.308. The van der Waals surface area contributed by atoms with E-state index >= 15 is 0 Å². The molecule has 0 saturated carbocycles. The monoisotopic (exact) mass is 543 g/mol. The minimum atomic E-state index is -0.342. The van der Waals surface area contributed by atoms with Gasteiger partial charge in [0.15, 0.2) is 5.13 Å². The molecule has 1 atom stereocenters.